The molecule has 0 aliphatic heterocycles. The zero-order chi connectivity index (χ0) is 19.3. The maximum atomic E-state index is 12.2. The van der Waals surface area contributed by atoms with E-state index in [0.717, 1.165) is 31.9 Å². The molecule has 1 amide bonds. The quantitative estimate of drug-likeness (QED) is 0.265. The number of rotatable bonds is 6. The maximum absolute atomic E-state index is 12.2. The predicted octanol–water partition coefficient (Wildman–Crippen LogP) is 5.12. The minimum Gasteiger partial charge on any atom is -0.267 e. The van der Waals surface area contributed by atoms with Gasteiger partial charge in [-0.15, -0.1) is 22.7 Å². The normalized spacial score (nSPS) is 11.3. The lowest BCUT2D eigenvalue weighted by Crippen LogP contribution is -2.17. The molecular weight excluding hydrogens is 408 g/mol. The number of thioether (sulfide) groups is 1. The fourth-order valence-electron chi connectivity index (χ4n) is 2.47. The molecule has 2 heterocycles. The van der Waals surface area contributed by atoms with Crippen LogP contribution >= 0.6 is 34.4 Å². The van der Waals surface area contributed by atoms with Gasteiger partial charge in [-0.1, -0.05) is 36.0 Å². The topological polar surface area (TPSA) is 67.2 Å². The Morgan fingerprint density at radius 1 is 1.18 bits per heavy atom. The number of nitrogens with zero attached hydrogens (tertiary/aromatic N) is 3. The molecule has 0 saturated heterocycles. The molecule has 0 fully saturated rings. The number of carbonyl (C=O) groups is 1. The molecule has 0 saturated carbocycles. The number of para-hydroxylation sites is 1. The maximum Gasteiger partial charge on any atom is 0.271 e. The number of benzene rings is 2. The number of nitrogens with one attached hydrogen (secondary N) is 1. The van der Waals surface area contributed by atoms with E-state index in [1.165, 1.54) is 4.70 Å². The van der Waals surface area contributed by atoms with E-state index in [9.17, 15) is 4.79 Å². The van der Waals surface area contributed by atoms with Crippen molar-refractivity contribution in [2.75, 3.05) is 0 Å². The average molecular weight is 425 g/mol. The van der Waals surface area contributed by atoms with Gasteiger partial charge in [-0.25, -0.2) is 15.4 Å². The molecule has 0 aliphatic rings. The van der Waals surface area contributed by atoms with E-state index >= 15 is 0 Å². The summed E-state index contributed by atoms with van der Waals surface area (Å²) in [5.41, 5.74) is 6.02. The second kappa shape index (κ2) is 8.64. The zero-order valence-electron chi connectivity index (χ0n) is 15.0. The summed E-state index contributed by atoms with van der Waals surface area (Å²) in [5.74, 6) is 0.567. The van der Waals surface area contributed by atoms with Gasteiger partial charge in [0.1, 0.15) is 0 Å². The number of carbonyl (C=O) groups excluding carboxylic acids is 1. The summed E-state index contributed by atoms with van der Waals surface area (Å²) >= 11 is 4.95. The van der Waals surface area contributed by atoms with Crippen molar-refractivity contribution < 1.29 is 4.79 Å². The smallest absolute Gasteiger partial charge is 0.267 e. The fraction of sp³-hybridized carbons (Fsp3) is 0.100. The molecule has 28 heavy (non-hydrogen) atoms. The van der Waals surface area contributed by atoms with Crippen molar-refractivity contribution in [1.29, 1.82) is 0 Å². The first-order valence-electron chi connectivity index (χ1n) is 8.50. The Labute approximate surface area is 174 Å². The van der Waals surface area contributed by atoms with Crippen LogP contribution in [0.3, 0.4) is 0 Å². The van der Waals surface area contributed by atoms with Crippen LogP contribution in [0.25, 0.3) is 10.2 Å². The molecular formula is C20H16N4OS3. The Balaban J connectivity index is 1.32. The monoisotopic (exact) mass is 424 g/mol. The van der Waals surface area contributed by atoms with Gasteiger partial charge >= 0.3 is 0 Å². The molecule has 140 valence electrons. The van der Waals surface area contributed by atoms with Crippen molar-refractivity contribution in [1.82, 2.24) is 15.4 Å². The molecule has 2 aromatic carbocycles. The van der Waals surface area contributed by atoms with Crippen LogP contribution in [0, 0.1) is 6.92 Å². The lowest BCUT2D eigenvalue weighted by atomic mass is 10.1. The minimum atomic E-state index is -0.242. The molecule has 0 aliphatic carbocycles. The van der Waals surface area contributed by atoms with Crippen molar-refractivity contribution in [2.45, 2.75) is 17.0 Å². The number of fused-ring (bicyclic) bond motifs is 1. The summed E-state index contributed by atoms with van der Waals surface area (Å²) in [4.78, 5) is 21.1. The Hall–Kier alpha value is -2.55. The summed E-state index contributed by atoms with van der Waals surface area (Å²) in [5, 5.41) is 6.82. The van der Waals surface area contributed by atoms with Gasteiger partial charge in [0.05, 0.1) is 27.1 Å². The highest BCUT2D eigenvalue weighted by Gasteiger charge is 2.07. The van der Waals surface area contributed by atoms with Gasteiger partial charge in [0.15, 0.2) is 4.34 Å². The lowest BCUT2D eigenvalue weighted by Gasteiger charge is -2.02. The molecule has 5 nitrogen and oxygen atoms in total. The molecule has 0 radical (unpaired) electrons. The van der Waals surface area contributed by atoms with Crippen LogP contribution < -0.4 is 5.43 Å². The Kier molecular flexibility index (Phi) is 5.80. The first-order chi connectivity index (χ1) is 13.7. The van der Waals surface area contributed by atoms with E-state index in [1.807, 2.05) is 54.8 Å². The molecule has 4 aromatic rings. The van der Waals surface area contributed by atoms with Crippen LogP contribution in [0.2, 0.25) is 0 Å². The van der Waals surface area contributed by atoms with Crippen LogP contribution in [-0.4, -0.2) is 22.1 Å². The van der Waals surface area contributed by atoms with E-state index in [2.05, 4.69) is 26.6 Å². The van der Waals surface area contributed by atoms with E-state index in [-0.39, 0.29) is 5.91 Å². The molecule has 1 N–H and O–H groups in total. The van der Waals surface area contributed by atoms with Gasteiger partial charge in [-0.05, 0) is 36.8 Å². The van der Waals surface area contributed by atoms with Gasteiger partial charge in [-0.3, -0.25) is 4.79 Å². The van der Waals surface area contributed by atoms with Crippen molar-refractivity contribution in [3.63, 3.8) is 0 Å². The van der Waals surface area contributed by atoms with Crippen LogP contribution in [0.4, 0.5) is 0 Å². The zero-order valence-corrected chi connectivity index (χ0v) is 17.4. The molecule has 0 atom stereocenters. The second-order valence-corrected chi connectivity index (χ2v) is 9.24. The van der Waals surface area contributed by atoms with Crippen molar-refractivity contribution in [3.8, 4) is 0 Å². The minimum absolute atomic E-state index is 0.242. The highest BCUT2D eigenvalue weighted by atomic mass is 32.2. The third-order valence-corrected chi connectivity index (χ3v) is 6.89. The average Bonchev–Trinajstić information content (AvgIpc) is 3.32. The molecule has 8 heteroatoms. The number of hydrazone groups is 1. The highest BCUT2D eigenvalue weighted by Crippen LogP contribution is 2.31. The third kappa shape index (κ3) is 4.64. The number of aryl methyl sites for hydroxylation is 1. The predicted molar refractivity (Wildman–Crippen MR) is 118 cm³/mol. The van der Waals surface area contributed by atoms with Gasteiger partial charge in [0.25, 0.3) is 5.91 Å². The van der Waals surface area contributed by atoms with Gasteiger partial charge in [0, 0.05) is 16.7 Å². The summed E-state index contributed by atoms with van der Waals surface area (Å²) in [6, 6.07) is 15.7. The Morgan fingerprint density at radius 3 is 2.75 bits per heavy atom. The number of aromatic nitrogens is 2. The molecule has 4 rings (SSSR count). The fourth-order valence-corrected chi connectivity index (χ4v) is 5.06. The molecule has 0 bridgehead atoms. The van der Waals surface area contributed by atoms with Crippen molar-refractivity contribution in [3.05, 3.63) is 75.7 Å². The molecule has 0 unspecified atom stereocenters. The van der Waals surface area contributed by atoms with Crippen LogP contribution in [0.5, 0.6) is 0 Å². The van der Waals surface area contributed by atoms with E-state index in [4.69, 9.17) is 0 Å². The van der Waals surface area contributed by atoms with E-state index < -0.39 is 0 Å². The Morgan fingerprint density at radius 2 is 2.00 bits per heavy atom. The van der Waals surface area contributed by atoms with Gasteiger partial charge in [0.2, 0.25) is 0 Å². The van der Waals surface area contributed by atoms with E-state index in [0.29, 0.717) is 5.56 Å². The summed E-state index contributed by atoms with van der Waals surface area (Å²) in [6.45, 7) is 1.93. The standard InChI is InChI=1S/C20H16N4OS3/c1-13-22-16(12-26-13)10-21-24-19(25)15-8-6-14(7-9-15)11-27-20-23-17-4-2-3-5-18(17)28-20/h2-10,12H,11H2,1H3,(H,24,25)/b21-10+. The third-order valence-electron chi connectivity index (χ3n) is 3.85. The van der Waals surface area contributed by atoms with E-state index in [1.54, 1.807) is 40.7 Å². The summed E-state index contributed by atoms with van der Waals surface area (Å²) in [6.07, 6.45) is 1.55. The largest absolute Gasteiger partial charge is 0.271 e. The molecule has 2 aromatic heterocycles. The first kappa shape index (κ1) is 18.8. The molecule has 0 spiro atoms. The van der Waals surface area contributed by atoms with Crippen LogP contribution in [0.1, 0.15) is 26.6 Å². The van der Waals surface area contributed by atoms with Crippen molar-refractivity contribution in [2.24, 2.45) is 5.10 Å². The first-order valence-corrected chi connectivity index (χ1v) is 11.2. The number of amides is 1. The number of thiazole rings is 2. The van der Waals surface area contributed by atoms with Gasteiger partial charge in [-0.2, -0.15) is 5.10 Å². The lowest BCUT2D eigenvalue weighted by molar-refractivity contribution is 0.0955. The highest BCUT2D eigenvalue weighted by molar-refractivity contribution is 8.00. The van der Waals surface area contributed by atoms with Crippen LogP contribution in [0.15, 0.2) is 63.4 Å². The van der Waals surface area contributed by atoms with Crippen LogP contribution in [-0.2, 0) is 5.75 Å². The number of hydrogen-bond donors (Lipinski definition) is 1. The summed E-state index contributed by atoms with van der Waals surface area (Å²) < 4.78 is 2.25. The second-order valence-electron chi connectivity index (χ2n) is 5.92. The van der Waals surface area contributed by atoms with Gasteiger partial charge < -0.3 is 0 Å². The Bertz CT molecular complexity index is 1100. The summed E-state index contributed by atoms with van der Waals surface area (Å²) in [7, 11) is 0. The number of hydrogen-bond acceptors (Lipinski definition) is 7. The SMILES string of the molecule is Cc1nc(/C=N/NC(=O)c2ccc(CSc3nc4ccccc4s3)cc2)cs1. The van der Waals surface area contributed by atoms with Crippen molar-refractivity contribution >= 4 is 56.8 Å².